The van der Waals surface area contributed by atoms with Crippen molar-refractivity contribution in [2.45, 2.75) is 44.9 Å². The third kappa shape index (κ3) is 3.13. The van der Waals surface area contributed by atoms with E-state index in [4.69, 9.17) is 14.6 Å². The molecule has 1 aliphatic carbocycles. The molecule has 0 aromatic heterocycles. The van der Waals surface area contributed by atoms with Crippen molar-refractivity contribution in [1.82, 2.24) is 4.90 Å². The van der Waals surface area contributed by atoms with Gasteiger partial charge in [-0.3, -0.25) is 9.69 Å². The van der Waals surface area contributed by atoms with Gasteiger partial charge in [0.2, 0.25) is 0 Å². The van der Waals surface area contributed by atoms with Crippen molar-refractivity contribution < 1.29 is 19.4 Å². The Morgan fingerprint density at radius 3 is 2.86 bits per heavy atom. The molecular weight excluding hydrogens is 270 g/mol. The molecule has 114 valence electrons. The minimum atomic E-state index is -0.785. The molecule has 1 atom stereocenters. The summed E-state index contributed by atoms with van der Waals surface area (Å²) in [4.78, 5) is 13.0. The molecule has 1 N–H and O–H groups in total. The molecule has 0 saturated heterocycles. The molecule has 2 aliphatic rings. The Hall–Kier alpha value is -1.75. The SMILES string of the molecule is COc1cc2c(cc1CN(CC(=O)O)C1CC1)OC(C)C2. The summed E-state index contributed by atoms with van der Waals surface area (Å²) < 4.78 is 11.3. The fourth-order valence-electron chi connectivity index (χ4n) is 2.94. The lowest BCUT2D eigenvalue weighted by Crippen LogP contribution is -2.31. The molecule has 1 heterocycles. The van der Waals surface area contributed by atoms with E-state index in [1.807, 2.05) is 24.0 Å². The molecule has 1 aromatic rings. The van der Waals surface area contributed by atoms with Crippen LogP contribution in [0, 0.1) is 0 Å². The molecule has 5 heteroatoms. The summed E-state index contributed by atoms with van der Waals surface area (Å²) in [5, 5.41) is 9.06. The maximum Gasteiger partial charge on any atom is 0.317 e. The summed E-state index contributed by atoms with van der Waals surface area (Å²) in [6.45, 7) is 2.71. The number of rotatable bonds is 6. The van der Waals surface area contributed by atoms with Crippen LogP contribution in [-0.4, -0.2) is 41.8 Å². The van der Waals surface area contributed by atoms with Gasteiger partial charge in [0.05, 0.1) is 13.7 Å². The van der Waals surface area contributed by atoms with Crippen LogP contribution in [-0.2, 0) is 17.8 Å². The first-order valence-corrected chi connectivity index (χ1v) is 7.39. The van der Waals surface area contributed by atoms with Gasteiger partial charge in [-0.2, -0.15) is 0 Å². The zero-order chi connectivity index (χ0) is 15.0. The number of methoxy groups -OCH3 is 1. The van der Waals surface area contributed by atoms with E-state index < -0.39 is 5.97 Å². The number of carbonyl (C=O) groups is 1. The predicted molar refractivity (Wildman–Crippen MR) is 77.9 cm³/mol. The van der Waals surface area contributed by atoms with E-state index in [0.29, 0.717) is 12.6 Å². The van der Waals surface area contributed by atoms with Crippen molar-refractivity contribution in [3.05, 3.63) is 23.3 Å². The first-order chi connectivity index (χ1) is 10.1. The molecule has 1 fully saturated rings. The maximum absolute atomic E-state index is 11.0. The summed E-state index contributed by atoms with van der Waals surface area (Å²) in [6, 6.07) is 4.42. The minimum Gasteiger partial charge on any atom is -0.496 e. The normalized spacial score (nSPS) is 20.2. The molecule has 5 nitrogen and oxygen atoms in total. The van der Waals surface area contributed by atoms with E-state index in [0.717, 1.165) is 36.3 Å². The number of benzene rings is 1. The van der Waals surface area contributed by atoms with Gasteiger partial charge in [0.15, 0.2) is 0 Å². The third-order valence-electron chi connectivity index (χ3n) is 4.07. The van der Waals surface area contributed by atoms with Gasteiger partial charge in [-0.1, -0.05) is 0 Å². The van der Waals surface area contributed by atoms with Crippen molar-refractivity contribution in [3.63, 3.8) is 0 Å². The highest BCUT2D eigenvalue weighted by Crippen LogP contribution is 2.37. The highest BCUT2D eigenvalue weighted by molar-refractivity contribution is 5.69. The lowest BCUT2D eigenvalue weighted by atomic mass is 10.1. The van der Waals surface area contributed by atoms with Crippen molar-refractivity contribution in [2.24, 2.45) is 0 Å². The van der Waals surface area contributed by atoms with Crippen molar-refractivity contribution >= 4 is 5.97 Å². The van der Waals surface area contributed by atoms with Crippen LogP contribution in [0.2, 0.25) is 0 Å². The number of nitrogens with zero attached hydrogens (tertiary/aromatic N) is 1. The average molecular weight is 291 g/mol. The Bertz CT molecular complexity index is 553. The van der Waals surface area contributed by atoms with Crippen LogP contribution in [0.15, 0.2) is 12.1 Å². The highest BCUT2D eigenvalue weighted by Gasteiger charge is 2.31. The van der Waals surface area contributed by atoms with Gasteiger partial charge in [0, 0.05) is 30.1 Å². The average Bonchev–Trinajstić information content (AvgIpc) is 3.19. The van der Waals surface area contributed by atoms with Crippen LogP contribution in [0.25, 0.3) is 0 Å². The first-order valence-electron chi connectivity index (χ1n) is 7.39. The second kappa shape index (κ2) is 5.56. The molecule has 1 aliphatic heterocycles. The Morgan fingerprint density at radius 1 is 1.48 bits per heavy atom. The summed E-state index contributed by atoms with van der Waals surface area (Å²) in [5.41, 5.74) is 2.16. The monoisotopic (exact) mass is 291 g/mol. The van der Waals surface area contributed by atoms with Crippen molar-refractivity contribution in [3.8, 4) is 11.5 Å². The van der Waals surface area contributed by atoms with Crippen molar-refractivity contribution in [2.75, 3.05) is 13.7 Å². The lowest BCUT2D eigenvalue weighted by Gasteiger charge is -2.21. The number of fused-ring (bicyclic) bond motifs is 1. The van der Waals surface area contributed by atoms with E-state index in [1.54, 1.807) is 7.11 Å². The quantitative estimate of drug-likeness (QED) is 0.869. The molecule has 3 rings (SSSR count). The molecule has 0 amide bonds. The summed E-state index contributed by atoms with van der Waals surface area (Å²) in [6.07, 6.45) is 3.24. The number of hydrogen-bond acceptors (Lipinski definition) is 4. The molecule has 0 bridgehead atoms. The standard InChI is InChI=1S/C16H21NO4/c1-10-5-11-6-14(20-2)12(7-15(11)21-10)8-17(9-16(18)19)13-3-4-13/h6-7,10,13H,3-5,8-9H2,1-2H3,(H,18,19). The van der Waals surface area contributed by atoms with Crippen LogP contribution in [0.4, 0.5) is 0 Å². The van der Waals surface area contributed by atoms with Gasteiger partial charge in [0.25, 0.3) is 0 Å². The van der Waals surface area contributed by atoms with Gasteiger partial charge < -0.3 is 14.6 Å². The van der Waals surface area contributed by atoms with E-state index in [1.165, 1.54) is 5.56 Å². The van der Waals surface area contributed by atoms with Gasteiger partial charge in [-0.15, -0.1) is 0 Å². The van der Waals surface area contributed by atoms with E-state index in [2.05, 4.69) is 0 Å². The Balaban J connectivity index is 1.83. The number of carboxylic acid groups (broad SMARTS) is 1. The zero-order valence-corrected chi connectivity index (χ0v) is 12.5. The van der Waals surface area contributed by atoms with Gasteiger partial charge >= 0.3 is 5.97 Å². The number of hydrogen-bond donors (Lipinski definition) is 1. The van der Waals surface area contributed by atoms with Gasteiger partial charge in [0.1, 0.15) is 17.6 Å². The largest absolute Gasteiger partial charge is 0.496 e. The van der Waals surface area contributed by atoms with Gasteiger partial charge in [-0.05, 0) is 31.9 Å². The fourth-order valence-corrected chi connectivity index (χ4v) is 2.94. The summed E-state index contributed by atoms with van der Waals surface area (Å²) in [5.74, 6) is 0.943. The Kier molecular flexibility index (Phi) is 3.76. The van der Waals surface area contributed by atoms with E-state index in [-0.39, 0.29) is 12.6 Å². The Labute approximate surface area is 124 Å². The van der Waals surface area contributed by atoms with Crippen LogP contribution >= 0.6 is 0 Å². The molecular formula is C16H21NO4. The maximum atomic E-state index is 11.0. The van der Waals surface area contributed by atoms with Crippen molar-refractivity contribution in [1.29, 1.82) is 0 Å². The number of carboxylic acids is 1. The van der Waals surface area contributed by atoms with Crippen LogP contribution in [0.3, 0.4) is 0 Å². The summed E-state index contributed by atoms with van der Waals surface area (Å²) >= 11 is 0. The number of ether oxygens (including phenoxy) is 2. The number of aliphatic carboxylic acids is 1. The van der Waals surface area contributed by atoms with Gasteiger partial charge in [-0.25, -0.2) is 0 Å². The molecule has 0 radical (unpaired) electrons. The fraction of sp³-hybridized carbons (Fsp3) is 0.562. The zero-order valence-electron chi connectivity index (χ0n) is 12.5. The highest BCUT2D eigenvalue weighted by atomic mass is 16.5. The van der Waals surface area contributed by atoms with E-state index >= 15 is 0 Å². The summed E-state index contributed by atoms with van der Waals surface area (Å²) in [7, 11) is 1.66. The molecule has 0 spiro atoms. The first kappa shape index (κ1) is 14.2. The predicted octanol–water partition coefficient (Wildman–Crippen LogP) is 2.07. The molecule has 1 aromatic carbocycles. The molecule has 21 heavy (non-hydrogen) atoms. The molecule has 1 saturated carbocycles. The second-order valence-corrected chi connectivity index (χ2v) is 5.93. The smallest absolute Gasteiger partial charge is 0.317 e. The Morgan fingerprint density at radius 2 is 2.24 bits per heavy atom. The topological polar surface area (TPSA) is 59.0 Å². The second-order valence-electron chi connectivity index (χ2n) is 5.93. The third-order valence-corrected chi connectivity index (χ3v) is 4.07. The molecule has 1 unspecified atom stereocenters. The van der Waals surface area contributed by atoms with E-state index in [9.17, 15) is 4.79 Å². The lowest BCUT2D eigenvalue weighted by molar-refractivity contribution is -0.138. The minimum absolute atomic E-state index is 0.0716. The van der Waals surface area contributed by atoms with Crippen LogP contribution in [0.1, 0.15) is 30.9 Å². The van der Waals surface area contributed by atoms with Crippen LogP contribution < -0.4 is 9.47 Å². The van der Waals surface area contributed by atoms with Crippen LogP contribution in [0.5, 0.6) is 11.5 Å².